The molecule has 3 rings (SSSR count). The van der Waals surface area contributed by atoms with Crippen molar-refractivity contribution in [3.05, 3.63) is 51.7 Å². The van der Waals surface area contributed by atoms with Crippen molar-refractivity contribution < 1.29 is 13.9 Å². The number of carbonyl (C=O) groups excluding carboxylic acids is 1. The quantitative estimate of drug-likeness (QED) is 0.849. The lowest BCUT2D eigenvalue weighted by Gasteiger charge is -2.33. The summed E-state index contributed by atoms with van der Waals surface area (Å²) < 4.78 is 18.8. The van der Waals surface area contributed by atoms with Crippen LogP contribution in [-0.2, 0) is 16.0 Å². The van der Waals surface area contributed by atoms with Gasteiger partial charge in [0.15, 0.2) is 0 Å². The molecule has 0 radical (unpaired) electrons. The first-order chi connectivity index (χ1) is 11.5. The van der Waals surface area contributed by atoms with Gasteiger partial charge in [0.2, 0.25) is 5.91 Å². The topological polar surface area (TPSA) is 42.4 Å². The van der Waals surface area contributed by atoms with E-state index in [0.29, 0.717) is 32.0 Å². The number of hydrogen-bond acceptors (Lipinski definition) is 4. The fraction of sp³-hybridized carbons (Fsp3) is 0.444. The molecule has 2 heterocycles. The molecule has 128 valence electrons. The van der Waals surface area contributed by atoms with Gasteiger partial charge in [-0.25, -0.2) is 9.37 Å². The average Bonchev–Trinajstić information content (AvgIpc) is 3.04. The highest BCUT2D eigenvalue weighted by Gasteiger charge is 2.26. The molecular weight excluding hydrogens is 327 g/mol. The van der Waals surface area contributed by atoms with Crippen molar-refractivity contribution in [1.29, 1.82) is 0 Å². The van der Waals surface area contributed by atoms with Crippen molar-refractivity contribution in [3.63, 3.8) is 0 Å². The predicted octanol–water partition coefficient (Wildman–Crippen LogP) is 3.55. The van der Waals surface area contributed by atoms with Crippen LogP contribution < -0.4 is 0 Å². The van der Waals surface area contributed by atoms with E-state index in [1.807, 2.05) is 10.3 Å². The number of aromatic nitrogens is 1. The summed E-state index contributed by atoms with van der Waals surface area (Å²) in [6, 6.07) is 6.26. The van der Waals surface area contributed by atoms with Crippen LogP contribution in [-0.4, -0.2) is 35.5 Å². The van der Waals surface area contributed by atoms with Crippen molar-refractivity contribution in [3.8, 4) is 0 Å². The Kier molecular flexibility index (Phi) is 5.26. The molecule has 1 amide bonds. The summed E-state index contributed by atoms with van der Waals surface area (Å²) in [6.45, 7) is 5.75. The molecule has 0 bridgehead atoms. The smallest absolute Gasteiger partial charge is 0.228 e. The van der Waals surface area contributed by atoms with Crippen LogP contribution in [0, 0.1) is 5.82 Å². The van der Waals surface area contributed by atoms with E-state index < -0.39 is 0 Å². The zero-order valence-corrected chi connectivity index (χ0v) is 14.7. The fourth-order valence-electron chi connectivity index (χ4n) is 2.69. The van der Waals surface area contributed by atoms with E-state index in [9.17, 15) is 9.18 Å². The van der Waals surface area contributed by atoms with E-state index in [0.717, 1.165) is 16.3 Å². The van der Waals surface area contributed by atoms with Crippen LogP contribution in [0.15, 0.2) is 29.6 Å². The molecule has 2 aromatic rings. The van der Waals surface area contributed by atoms with Crippen LogP contribution in [0.2, 0.25) is 0 Å². The Morgan fingerprint density at radius 1 is 1.42 bits per heavy atom. The number of halogens is 1. The zero-order chi connectivity index (χ0) is 17.1. The maximum atomic E-state index is 13.0. The molecule has 1 aromatic heterocycles. The number of thiazole rings is 1. The van der Waals surface area contributed by atoms with E-state index in [2.05, 4.69) is 18.8 Å². The second-order valence-electron chi connectivity index (χ2n) is 6.26. The number of benzene rings is 1. The maximum absolute atomic E-state index is 13.0. The number of ether oxygens (including phenoxy) is 1. The Balaban J connectivity index is 1.63. The zero-order valence-electron chi connectivity index (χ0n) is 13.9. The Morgan fingerprint density at radius 3 is 2.83 bits per heavy atom. The van der Waals surface area contributed by atoms with Crippen LogP contribution in [0.1, 0.15) is 42.1 Å². The Morgan fingerprint density at radius 2 is 2.17 bits per heavy atom. The van der Waals surface area contributed by atoms with Crippen molar-refractivity contribution >= 4 is 17.2 Å². The van der Waals surface area contributed by atoms with Gasteiger partial charge < -0.3 is 9.64 Å². The average molecular weight is 348 g/mol. The Bertz CT molecular complexity index is 699. The minimum absolute atomic E-state index is 0.0611. The molecule has 1 atom stereocenters. The third kappa shape index (κ3) is 3.99. The van der Waals surface area contributed by atoms with Crippen LogP contribution in [0.25, 0.3) is 0 Å². The van der Waals surface area contributed by atoms with Crippen molar-refractivity contribution in [2.45, 2.75) is 32.3 Å². The van der Waals surface area contributed by atoms with Crippen LogP contribution in [0.3, 0.4) is 0 Å². The highest BCUT2D eigenvalue weighted by Crippen LogP contribution is 2.24. The van der Waals surface area contributed by atoms with E-state index in [4.69, 9.17) is 4.74 Å². The lowest BCUT2D eigenvalue weighted by Crippen LogP contribution is -2.43. The van der Waals surface area contributed by atoms with Crippen LogP contribution >= 0.6 is 11.3 Å². The van der Waals surface area contributed by atoms with Gasteiger partial charge in [-0.3, -0.25) is 4.79 Å². The van der Waals surface area contributed by atoms with Gasteiger partial charge in [-0.1, -0.05) is 26.0 Å². The first-order valence-corrected chi connectivity index (χ1v) is 9.00. The van der Waals surface area contributed by atoms with Gasteiger partial charge >= 0.3 is 0 Å². The van der Waals surface area contributed by atoms with Gasteiger partial charge in [-0.05, 0) is 17.7 Å². The number of morpholine rings is 1. The van der Waals surface area contributed by atoms with Gasteiger partial charge in [-0.15, -0.1) is 11.3 Å². The lowest BCUT2D eigenvalue weighted by atomic mass is 10.1. The number of amides is 1. The SMILES string of the molecule is CC(C)c1nc(CC(=O)N2CCOC(c3ccc(F)cc3)C2)cs1. The predicted molar refractivity (Wildman–Crippen MR) is 91.6 cm³/mol. The third-order valence-electron chi connectivity index (χ3n) is 4.06. The number of nitrogens with zero attached hydrogens (tertiary/aromatic N) is 2. The minimum atomic E-state index is -0.271. The van der Waals surface area contributed by atoms with Crippen molar-refractivity contribution in [2.75, 3.05) is 19.7 Å². The monoisotopic (exact) mass is 348 g/mol. The maximum Gasteiger partial charge on any atom is 0.228 e. The molecule has 1 fully saturated rings. The second kappa shape index (κ2) is 7.40. The summed E-state index contributed by atoms with van der Waals surface area (Å²) >= 11 is 1.60. The molecule has 1 saturated heterocycles. The van der Waals surface area contributed by atoms with Crippen molar-refractivity contribution in [2.24, 2.45) is 0 Å². The van der Waals surface area contributed by atoms with Crippen molar-refractivity contribution in [1.82, 2.24) is 9.88 Å². The summed E-state index contributed by atoms with van der Waals surface area (Å²) in [7, 11) is 0. The highest BCUT2D eigenvalue weighted by molar-refractivity contribution is 7.09. The lowest BCUT2D eigenvalue weighted by molar-refractivity contribution is -0.138. The standard InChI is InChI=1S/C18H21FN2O2S/c1-12(2)18-20-15(11-24-18)9-17(22)21-7-8-23-16(10-21)13-3-5-14(19)6-4-13/h3-6,11-12,16H,7-10H2,1-2H3. The molecule has 24 heavy (non-hydrogen) atoms. The summed E-state index contributed by atoms with van der Waals surface area (Å²) in [6.07, 6.45) is 0.115. The number of rotatable bonds is 4. The van der Waals surface area contributed by atoms with Crippen LogP contribution in [0.4, 0.5) is 4.39 Å². The molecule has 1 aliphatic heterocycles. The Labute approximate surface area is 145 Å². The van der Waals surface area contributed by atoms with E-state index in [1.165, 1.54) is 12.1 Å². The molecule has 0 spiro atoms. The van der Waals surface area contributed by atoms with Gasteiger partial charge in [0, 0.05) is 17.8 Å². The van der Waals surface area contributed by atoms with Gasteiger partial charge in [0.1, 0.15) is 11.9 Å². The molecule has 0 aliphatic carbocycles. The molecule has 1 aliphatic rings. The molecule has 0 saturated carbocycles. The largest absolute Gasteiger partial charge is 0.370 e. The summed E-state index contributed by atoms with van der Waals surface area (Å²) in [5.41, 5.74) is 1.73. The third-order valence-corrected chi connectivity index (χ3v) is 5.25. The summed E-state index contributed by atoms with van der Waals surface area (Å²) in [5, 5.41) is 3.02. The normalized spacial score (nSPS) is 18.2. The molecule has 1 unspecified atom stereocenters. The second-order valence-corrected chi connectivity index (χ2v) is 7.15. The van der Waals surface area contributed by atoms with Gasteiger partial charge in [0.25, 0.3) is 0 Å². The van der Waals surface area contributed by atoms with Gasteiger partial charge in [-0.2, -0.15) is 0 Å². The van der Waals surface area contributed by atoms with E-state index in [-0.39, 0.29) is 17.8 Å². The van der Waals surface area contributed by atoms with Crippen LogP contribution in [0.5, 0.6) is 0 Å². The molecule has 1 aromatic carbocycles. The first kappa shape index (κ1) is 17.0. The molecule has 0 N–H and O–H groups in total. The summed E-state index contributed by atoms with van der Waals surface area (Å²) in [4.78, 5) is 18.9. The van der Waals surface area contributed by atoms with E-state index >= 15 is 0 Å². The van der Waals surface area contributed by atoms with Gasteiger partial charge in [0.05, 0.1) is 30.3 Å². The fourth-order valence-corrected chi connectivity index (χ4v) is 3.53. The number of hydrogen-bond donors (Lipinski definition) is 0. The molecule has 4 nitrogen and oxygen atoms in total. The number of carbonyl (C=O) groups is 1. The minimum Gasteiger partial charge on any atom is -0.370 e. The Hall–Kier alpha value is -1.79. The summed E-state index contributed by atoms with van der Waals surface area (Å²) in [5.74, 6) is 0.170. The highest BCUT2D eigenvalue weighted by atomic mass is 32.1. The molecular formula is C18H21FN2O2S. The van der Waals surface area contributed by atoms with E-state index in [1.54, 1.807) is 23.5 Å². The molecule has 6 heteroatoms. The first-order valence-electron chi connectivity index (χ1n) is 8.12.